The summed E-state index contributed by atoms with van der Waals surface area (Å²) >= 11 is 0. The average molecular weight is 318 g/mol. The molecule has 6 heteroatoms. The fraction of sp³-hybridized carbons (Fsp3) is 0.647. The molecular weight excluding hydrogens is 288 g/mol. The molecule has 0 atom stereocenters. The Morgan fingerprint density at radius 1 is 1.13 bits per heavy atom. The number of nitrogens with one attached hydrogen (secondary N) is 2. The van der Waals surface area contributed by atoms with Gasteiger partial charge in [-0.3, -0.25) is 14.9 Å². The summed E-state index contributed by atoms with van der Waals surface area (Å²) in [5.41, 5.74) is 1.10. The van der Waals surface area contributed by atoms with E-state index in [2.05, 4.69) is 37.3 Å². The Balaban J connectivity index is 1.58. The maximum Gasteiger partial charge on any atom is 0.191 e. The molecule has 0 bridgehead atoms. The minimum absolute atomic E-state index is 0.839. The molecule has 1 aromatic heterocycles. The standard InChI is InChI=1S/C17H30N6/c1-3-22-12-14-23(15-13-22)11-10-21-17(18-2)20-9-7-16-6-4-5-8-19-16/h4-6,8H,3,7,9-15H2,1-2H3,(H2,18,20,21). The molecule has 1 aliphatic heterocycles. The lowest BCUT2D eigenvalue weighted by atomic mass is 10.3. The van der Waals surface area contributed by atoms with Crippen molar-refractivity contribution < 1.29 is 0 Å². The van der Waals surface area contributed by atoms with E-state index in [1.807, 2.05) is 31.4 Å². The Labute approximate surface area is 140 Å². The molecule has 2 rings (SSSR count). The summed E-state index contributed by atoms with van der Waals surface area (Å²) in [6, 6.07) is 6.01. The van der Waals surface area contributed by atoms with Crippen LogP contribution in [0.15, 0.2) is 29.4 Å². The molecule has 0 aromatic carbocycles. The maximum absolute atomic E-state index is 4.33. The summed E-state index contributed by atoms with van der Waals surface area (Å²) in [5.74, 6) is 0.869. The number of piperazine rings is 1. The Bertz CT molecular complexity index is 453. The van der Waals surface area contributed by atoms with E-state index in [0.29, 0.717) is 0 Å². The zero-order valence-electron chi connectivity index (χ0n) is 14.5. The molecule has 1 fully saturated rings. The highest BCUT2D eigenvalue weighted by molar-refractivity contribution is 5.79. The predicted octanol–water partition coefficient (Wildman–Crippen LogP) is 0.427. The third kappa shape index (κ3) is 6.54. The number of likely N-dealkylation sites (N-methyl/N-ethyl adjacent to an activating group) is 1. The normalized spacial score (nSPS) is 17.2. The van der Waals surface area contributed by atoms with Crippen LogP contribution >= 0.6 is 0 Å². The van der Waals surface area contributed by atoms with Gasteiger partial charge in [-0.1, -0.05) is 13.0 Å². The van der Waals surface area contributed by atoms with E-state index in [0.717, 1.165) is 37.7 Å². The number of aliphatic imine (C=N–C) groups is 1. The van der Waals surface area contributed by atoms with Crippen LogP contribution in [0.4, 0.5) is 0 Å². The zero-order valence-corrected chi connectivity index (χ0v) is 14.5. The second kappa shape index (κ2) is 10.2. The third-order valence-electron chi connectivity index (χ3n) is 4.26. The average Bonchev–Trinajstić information content (AvgIpc) is 2.62. The van der Waals surface area contributed by atoms with Gasteiger partial charge in [0.2, 0.25) is 0 Å². The van der Waals surface area contributed by atoms with E-state index in [9.17, 15) is 0 Å². The predicted molar refractivity (Wildman–Crippen MR) is 95.9 cm³/mol. The molecule has 0 amide bonds. The monoisotopic (exact) mass is 318 g/mol. The number of pyridine rings is 1. The lowest BCUT2D eigenvalue weighted by Crippen LogP contribution is -2.49. The van der Waals surface area contributed by atoms with Crippen molar-refractivity contribution in [1.82, 2.24) is 25.4 Å². The van der Waals surface area contributed by atoms with Crippen molar-refractivity contribution in [2.24, 2.45) is 4.99 Å². The minimum atomic E-state index is 0.839. The van der Waals surface area contributed by atoms with Crippen LogP contribution in [0, 0.1) is 0 Å². The van der Waals surface area contributed by atoms with Gasteiger partial charge in [-0.2, -0.15) is 0 Å². The molecule has 6 nitrogen and oxygen atoms in total. The SMILES string of the molecule is CCN1CCN(CCNC(=NC)NCCc2ccccn2)CC1. The molecule has 0 radical (unpaired) electrons. The van der Waals surface area contributed by atoms with Crippen molar-refractivity contribution in [2.75, 3.05) is 59.4 Å². The van der Waals surface area contributed by atoms with Crippen LogP contribution in [-0.2, 0) is 6.42 Å². The van der Waals surface area contributed by atoms with Crippen molar-refractivity contribution >= 4 is 5.96 Å². The van der Waals surface area contributed by atoms with Crippen molar-refractivity contribution in [3.05, 3.63) is 30.1 Å². The summed E-state index contributed by atoms with van der Waals surface area (Å²) in [7, 11) is 1.82. The fourth-order valence-corrected chi connectivity index (χ4v) is 2.74. The minimum Gasteiger partial charge on any atom is -0.356 e. The van der Waals surface area contributed by atoms with E-state index in [1.54, 1.807) is 0 Å². The van der Waals surface area contributed by atoms with Crippen molar-refractivity contribution in [1.29, 1.82) is 0 Å². The maximum atomic E-state index is 4.33. The third-order valence-corrected chi connectivity index (χ3v) is 4.26. The lowest BCUT2D eigenvalue weighted by Gasteiger charge is -2.34. The van der Waals surface area contributed by atoms with Crippen molar-refractivity contribution in [3.63, 3.8) is 0 Å². The van der Waals surface area contributed by atoms with Gasteiger partial charge >= 0.3 is 0 Å². The van der Waals surface area contributed by atoms with Crippen LogP contribution in [0.25, 0.3) is 0 Å². The zero-order chi connectivity index (χ0) is 16.3. The van der Waals surface area contributed by atoms with Gasteiger partial charge in [0.25, 0.3) is 0 Å². The van der Waals surface area contributed by atoms with Crippen LogP contribution in [0.2, 0.25) is 0 Å². The van der Waals surface area contributed by atoms with Crippen molar-refractivity contribution in [2.45, 2.75) is 13.3 Å². The molecule has 2 heterocycles. The summed E-state index contributed by atoms with van der Waals surface area (Å²) in [6.45, 7) is 10.9. The number of guanidine groups is 1. The molecule has 0 spiro atoms. The number of hydrogen-bond acceptors (Lipinski definition) is 4. The number of nitrogens with zero attached hydrogens (tertiary/aromatic N) is 4. The van der Waals surface area contributed by atoms with Crippen LogP contribution in [0.3, 0.4) is 0 Å². The van der Waals surface area contributed by atoms with E-state index >= 15 is 0 Å². The van der Waals surface area contributed by atoms with E-state index in [-0.39, 0.29) is 0 Å². The second-order valence-corrected chi connectivity index (χ2v) is 5.77. The largest absolute Gasteiger partial charge is 0.356 e. The van der Waals surface area contributed by atoms with E-state index in [1.165, 1.54) is 32.7 Å². The molecule has 1 aromatic rings. The molecule has 0 aliphatic carbocycles. The molecule has 23 heavy (non-hydrogen) atoms. The smallest absolute Gasteiger partial charge is 0.191 e. The fourth-order valence-electron chi connectivity index (χ4n) is 2.74. The van der Waals surface area contributed by atoms with Gasteiger partial charge in [0.1, 0.15) is 0 Å². The quantitative estimate of drug-likeness (QED) is 0.564. The number of aromatic nitrogens is 1. The summed E-state index contributed by atoms with van der Waals surface area (Å²) in [6.07, 6.45) is 2.74. The first-order chi connectivity index (χ1) is 11.3. The second-order valence-electron chi connectivity index (χ2n) is 5.77. The summed E-state index contributed by atoms with van der Waals surface area (Å²) < 4.78 is 0. The van der Waals surface area contributed by atoms with Gasteiger partial charge in [0, 0.05) is 71.2 Å². The van der Waals surface area contributed by atoms with Gasteiger partial charge in [-0.25, -0.2) is 0 Å². The Hall–Kier alpha value is -1.66. The number of rotatable bonds is 7. The summed E-state index contributed by atoms with van der Waals surface area (Å²) in [5, 5.41) is 6.74. The van der Waals surface area contributed by atoms with Gasteiger partial charge in [-0.05, 0) is 18.7 Å². The molecule has 128 valence electrons. The van der Waals surface area contributed by atoms with E-state index < -0.39 is 0 Å². The molecule has 2 N–H and O–H groups in total. The summed E-state index contributed by atoms with van der Waals surface area (Å²) in [4.78, 5) is 13.6. The topological polar surface area (TPSA) is 55.8 Å². The first kappa shape index (κ1) is 17.7. The van der Waals surface area contributed by atoms with E-state index in [4.69, 9.17) is 0 Å². The Morgan fingerprint density at radius 3 is 2.52 bits per heavy atom. The van der Waals surface area contributed by atoms with Crippen LogP contribution < -0.4 is 10.6 Å². The highest BCUT2D eigenvalue weighted by Gasteiger charge is 2.14. The van der Waals surface area contributed by atoms with Gasteiger partial charge in [0.05, 0.1) is 0 Å². The highest BCUT2D eigenvalue weighted by atomic mass is 15.3. The van der Waals surface area contributed by atoms with Crippen LogP contribution in [0.1, 0.15) is 12.6 Å². The molecular formula is C17H30N6. The molecule has 0 unspecified atom stereocenters. The molecule has 1 aliphatic rings. The lowest BCUT2D eigenvalue weighted by molar-refractivity contribution is 0.139. The molecule has 0 saturated carbocycles. The van der Waals surface area contributed by atoms with Crippen molar-refractivity contribution in [3.8, 4) is 0 Å². The van der Waals surface area contributed by atoms with Gasteiger partial charge in [0.15, 0.2) is 5.96 Å². The first-order valence-corrected chi connectivity index (χ1v) is 8.61. The van der Waals surface area contributed by atoms with Gasteiger partial charge < -0.3 is 15.5 Å². The number of hydrogen-bond donors (Lipinski definition) is 2. The van der Waals surface area contributed by atoms with Crippen LogP contribution in [-0.4, -0.2) is 80.1 Å². The highest BCUT2D eigenvalue weighted by Crippen LogP contribution is 1.99. The first-order valence-electron chi connectivity index (χ1n) is 8.61. The molecule has 1 saturated heterocycles. The van der Waals surface area contributed by atoms with Crippen LogP contribution in [0.5, 0.6) is 0 Å². The Kier molecular flexibility index (Phi) is 7.83. The Morgan fingerprint density at radius 2 is 1.87 bits per heavy atom. The van der Waals surface area contributed by atoms with Gasteiger partial charge in [-0.15, -0.1) is 0 Å².